The fraction of sp³-hybridized carbons (Fsp3) is 0.250. The van der Waals surface area contributed by atoms with Gasteiger partial charge in [-0.1, -0.05) is 12.1 Å². The van der Waals surface area contributed by atoms with Gasteiger partial charge in [-0.15, -0.1) is 0 Å². The lowest BCUT2D eigenvalue weighted by Gasteiger charge is -2.18. The van der Waals surface area contributed by atoms with E-state index >= 15 is 0 Å². The molecule has 0 aliphatic heterocycles. The Morgan fingerprint density at radius 2 is 1.66 bits per heavy atom. The molecule has 0 saturated carbocycles. The number of hydrogen-bond acceptors (Lipinski definition) is 6. The molecule has 0 unspecified atom stereocenters. The van der Waals surface area contributed by atoms with Gasteiger partial charge in [0.2, 0.25) is 0 Å². The fourth-order valence-electron chi connectivity index (χ4n) is 2.19. The minimum Gasteiger partial charge on any atom is -0.479 e. The zero-order valence-electron chi connectivity index (χ0n) is 15.6. The summed E-state index contributed by atoms with van der Waals surface area (Å²) >= 11 is 0. The molecule has 152 valence electrons. The van der Waals surface area contributed by atoms with Crippen LogP contribution < -0.4 is 14.8 Å². The van der Waals surface area contributed by atoms with E-state index in [4.69, 9.17) is 14.7 Å². The number of alkyl halides is 2. The average molecular weight is 404 g/mol. The molecule has 2 aromatic rings. The molecular weight excluding hydrogens is 386 g/mol. The van der Waals surface area contributed by atoms with E-state index in [9.17, 15) is 18.4 Å². The first kappa shape index (κ1) is 21.6. The number of esters is 1. The predicted octanol–water partition coefficient (Wildman–Crippen LogP) is 3.50. The van der Waals surface area contributed by atoms with Crippen LogP contribution in [0.4, 0.5) is 14.5 Å². The molecule has 1 N–H and O–H groups in total. The quantitative estimate of drug-likeness (QED) is 0.677. The molecule has 7 nitrogen and oxygen atoms in total. The third kappa shape index (κ3) is 6.46. The number of para-hydroxylation sites is 2. The molecule has 0 heterocycles. The molecule has 0 radical (unpaired) electrons. The van der Waals surface area contributed by atoms with Crippen LogP contribution in [0, 0.1) is 11.3 Å². The number of rotatable bonds is 8. The van der Waals surface area contributed by atoms with Crippen LogP contribution >= 0.6 is 0 Å². The highest BCUT2D eigenvalue weighted by Gasteiger charge is 2.24. The van der Waals surface area contributed by atoms with E-state index in [1.165, 1.54) is 62.4 Å². The summed E-state index contributed by atoms with van der Waals surface area (Å²) in [5.41, 5.74) is 0.455. The maximum atomic E-state index is 12.4. The lowest BCUT2D eigenvalue weighted by atomic mass is 10.2. The first-order valence-corrected chi connectivity index (χ1v) is 8.52. The van der Waals surface area contributed by atoms with Gasteiger partial charge in [0.1, 0.15) is 11.5 Å². The third-order valence-electron chi connectivity index (χ3n) is 3.65. The van der Waals surface area contributed by atoms with Gasteiger partial charge in [0.15, 0.2) is 12.2 Å². The number of nitrogens with one attached hydrogen (secondary N) is 1. The van der Waals surface area contributed by atoms with Crippen LogP contribution in [0.1, 0.15) is 19.4 Å². The number of halogens is 2. The van der Waals surface area contributed by atoms with Gasteiger partial charge in [-0.3, -0.25) is 4.79 Å². The second-order valence-electron chi connectivity index (χ2n) is 5.84. The molecule has 0 aromatic heterocycles. The van der Waals surface area contributed by atoms with Gasteiger partial charge in [0.05, 0.1) is 17.3 Å². The number of nitrogens with zero attached hydrogens (tertiary/aromatic N) is 1. The summed E-state index contributed by atoms with van der Waals surface area (Å²) < 4.78 is 39.7. The molecule has 0 spiro atoms. The minimum absolute atomic E-state index is 0.0163. The van der Waals surface area contributed by atoms with E-state index in [2.05, 4.69) is 10.1 Å². The van der Waals surface area contributed by atoms with Gasteiger partial charge < -0.3 is 19.5 Å². The van der Waals surface area contributed by atoms with Crippen LogP contribution in [0.15, 0.2) is 48.5 Å². The molecular formula is C20H18F2N2O5. The maximum Gasteiger partial charge on any atom is 0.387 e. The van der Waals surface area contributed by atoms with Crippen molar-refractivity contribution in [3.63, 3.8) is 0 Å². The monoisotopic (exact) mass is 404 g/mol. The van der Waals surface area contributed by atoms with Gasteiger partial charge in [0, 0.05) is 0 Å². The molecule has 0 aliphatic carbocycles. The summed E-state index contributed by atoms with van der Waals surface area (Å²) in [5, 5.41) is 11.1. The summed E-state index contributed by atoms with van der Waals surface area (Å²) in [7, 11) is 0. The standard InChI is InChI=1S/C20H18F2N2O5/c1-12(18(25)24-16-5-3-4-6-17(16)29-20(21)22)28-19(26)13(2)27-15-9-7-14(11-23)8-10-15/h3-10,12-13,20H,1-2H3,(H,24,25)/t12-,13+/m1/s1. The normalized spacial score (nSPS) is 12.4. The Morgan fingerprint density at radius 1 is 1.00 bits per heavy atom. The van der Waals surface area contributed by atoms with E-state index in [1.54, 1.807) is 0 Å². The summed E-state index contributed by atoms with van der Waals surface area (Å²) in [6.07, 6.45) is -2.23. The van der Waals surface area contributed by atoms with Crippen molar-refractivity contribution in [2.75, 3.05) is 5.32 Å². The smallest absolute Gasteiger partial charge is 0.387 e. The Hall–Kier alpha value is -3.67. The van der Waals surface area contributed by atoms with Crippen molar-refractivity contribution in [1.29, 1.82) is 5.26 Å². The van der Waals surface area contributed by atoms with Gasteiger partial charge in [0.25, 0.3) is 5.91 Å². The number of ether oxygens (including phenoxy) is 3. The van der Waals surface area contributed by atoms with E-state index in [-0.39, 0.29) is 11.4 Å². The van der Waals surface area contributed by atoms with Crippen molar-refractivity contribution in [2.45, 2.75) is 32.7 Å². The summed E-state index contributed by atoms with van der Waals surface area (Å²) in [6.45, 7) is -0.279. The molecule has 0 bridgehead atoms. The highest BCUT2D eigenvalue weighted by atomic mass is 19.3. The summed E-state index contributed by atoms with van der Waals surface area (Å²) in [4.78, 5) is 24.4. The van der Waals surface area contributed by atoms with Gasteiger partial charge >= 0.3 is 12.6 Å². The van der Waals surface area contributed by atoms with Crippen molar-refractivity contribution in [1.82, 2.24) is 0 Å². The Labute approximate surface area is 165 Å². The topological polar surface area (TPSA) is 97.6 Å². The van der Waals surface area contributed by atoms with E-state index < -0.39 is 30.7 Å². The van der Waals surface area contributed by atoms with Crippen LogP contribution in [-0.2, 0) is 14.3 Å². The first-order chi connectivity index (χ1) is 13.8. The van der Waals surface area contributed by atoms with Gasteiger partial charge in [-0.25, -0.2) is 4.79 Å². The summed E-state index contributed by atoms with van der Waals surface area (Å²) in [6, 6.07) is 13.7. The van der Waals surface area contributed by atoms with Crippen LogP contribution in [-0.4, -0.2) is 30.7 Å². The fourth-order valence-corrected chi connectivity index (χ4v) is 2.19. The Morgan fingerprint density at radius 3 is 2.28 bits per heavy atom. The maximum absolute atomic E-state index is 12.4. The van der Waals surface area contributed by atoms with Crippen molar-refractivity contribution in [2.24, 2.45) is 0 Å². The molecule has 29 heavy (non-hydrogen) atoms. The second kappa shape index (κ2) is 10.0. The van der Waals surface area contributed by atoms with Crippen LogP contribution in [0.5, 0.6) is 11.5 Å². The zero-order valence-corrected chi connectivity index (χ0v) is 15.6. The van der Waals surface area contributed by atoms with Crippen molar-refractivity contribution in [3.05, 3.63) is 54.1 Å². The molecule has 0 aliphatic rings. The highest BCUT2D eigenvalue weighted by molar-refractivity contribution is 5.96. The van der Waals surface area contributed by atoms with Crippen molar-refractivity contribution < 1.29 is 32.6 Å². The molecule has 2 aromatic carbocycles. The van der Waals surface area contributed by atoms with Crippen LogP contribution in [0.2, 0.25) is 0 Å². The number of amides is 1. The number of anilines is 1. The van der Waals surface area contributed by atoms with E-state index in [0.717, 1.165) is 0 Å². The predicted molar refractivity (Wildman–Crippen MR) is 98.5 cm³/mol. The molecule has 2 atom stereocenters. The Balaban J connectivity index is 1.93. The lowest BCUT2D eigenvalue weighted by molar-refractivity contribution is -0.159. The molecule has 9 heteroatoms. The number of benzene rings is 2. The largest absolute Gasteiger partial charge is 0.479 e. The molecule has 1 amide bonds. The van der Waals surface area contributed by atoms with Gasteiger partial charge in [-0.2, -0.15) is 14.0 Å². The molecule has 2 rings (SSSR count). The van der Waals surface area contributed by atoms with E-state index in [1.807, 2.05) is 6.07 Å². The number of carbonyl (C=O) groups excluding carboxylic acids is 2. The number of hydrogen-bond donors (Lipinski definition) is 1. The minimum atomic E-state index is -3.05. The van der Waals surface area contributed by atoms with Crippen molar-refractivity contribution in [3.8, 4) is 17.6 Å². The number of nitriles is 1. The first-order valence-electron chi connectivity index (χ1n) is 8.52. The van der Waals surface area contributed by atoms with Crippen molar-refractivity contribution >= 4 is 17.6 Å². The van der Waals surface area contributed by atoms with E-state index in [0.29, 0.717) is 11.3 Å². The summed E-state index contributed by atoms with van der Waals surface area (Å²) in [5.74, 6) is -1.39. The number of carbonyl (C=O) groups is 2. The lowest BCUT2D eigenvalue weighted by Crippen LogP contribution is -2.35. The average Bonchev–Trinajstić information content (AvgIpc) is 2.69. The molecule has 0 saturated heterocycles. The zero-order chi connectivity index (χ0) is 21.4. The Bertz CT molecular complexity index is 896. The van der Waals surface area contributed by atoms with Crippen LogP contribution in [0.25, 0.3) is 0 Å². The SMILES string of the molecule is C[C@H](Oc1ccc(C#N)cc1)C(=O)O[C@H](C)C(=O)Nc1ccccc1OC(F)F. The molecule has 0 fully saturated rings. The second-order valence-corrected chi connectivity index (χ2v) is 5.84. The van der Waals surface area contributed by atoms with Crippen LogP contribution in [0.3, 0.4) is 0 Å². The Kier molecular flexibility index (Phi) is 7.48. The van der Waals surface area contributed by atoms with Gasteiger partial charge in [-0.05, 0) is 50.2 Å². The highest BCUT2D eigenvalue weighted by Crippen LogP contribution is 2.25. The third-order valence-corrected chi connectivity index (χ3v) is 3.65.